The van der Waals surface area contributed by atoms with Crippen LogP contribution in [0.4, 0.5) is 34.1 Å². The molecule has 80 heavy (non-hydrogen) atoms. The van der Waals surface area contributed by atoms with Crippen molar-refractivity contribution in [1.29, 1.82) is 0 Å². The van der Waals surface area contributed by atoms with Gasteiger partial charge in [0.1, 0.15) is 23.0 Å². The van der Waals surface area contributed by atoms with Gasteiger partial charge in [-0.1, -0.05) is 214 Å². The van der Waals surface area contributed by atoms with Crippen molar-refractivity contribution in [3.63, 3.8) is 0 Å². The lowest BCUT2D eigenvalue weighted by molar-refractivity contribution is 0.464. The number of hydrogen-bond donors (Lipinski definition) is 0. The monoisotopic (exact) mass is 1060 g/mol. The van der Waals surface area contributed by atoms with E-state index in [0.29, 0.717) is 0 Å². The van der Waals surface area contributed by atoms with E-state index in [1.807, 2.05) is 23.5 Å². The molecule has 17 rings (SSSR count). The molecule has 0 unspecified atom stereocenters. The molecule has 0 N–H and O–H groups in total. The summed E-state index contributed by atoms with van der Waals surface area (Å²) >= 11 is 3.82. The maximum Gasteiger partial charge on any atom is 0.253 e. The highest BCUT2D eigenvalue weighted by molar-refractivity contribution is 8.00. The first-order valence-corrected chi connectivity index (χ1v) is 29.4. The summed E-state index contributed by atoms with van der Waals surface area (Å²) in [6.45, 7) is 9.34. The second-order valence-electron chi connectivity index (χ2n) is 23.1. The Morgan fingerprint density at radius 2 is 0.688 bits per heavy atom. The minimum absolute atomic E-state index is 0.110. The van der Waals surface area contributed by atoms with Gasteiger partial charge in [0, 0.05) is 71.4 Å². The number of benzene rings is 11. The third kappa shape index (κ3) is 6.52. The number of para-hydroxylation sites is 4. The van der Waals surface area contributed by atoms with Crippen LogP contribution < -0.4 is 52.1 Å². The van der Waals surface area contributed by atoms with Crippen molar-refractivity contribution < 1.29 is 9.47 Å². The fourth-order valence-electron chi connectivity index (χ4n) is 14.4. The van der Waals surface area contributed by atoms with Gasteiger partial charge in [-0.25, -0.2) is 0 Å². The molecule has 11 aromatic rings. The Hall–Kier alpha value is -8.55. The third-order valence-electron chi connectivity index (χ3n) is 18.0. The van der Waals surface area contributed by atoms with E-state index in [1.54, 1.807) is 0 Å². The van der Waals surface area contributed by atoms with Gasteiger partial charge in [0.15, 0.2) is 0 Å². The molecule has 378 valence electrons. The molecule has 4 nitrogen and oxygen atoms in total. The van der Waals surface area contributed by atoms with Gasteiger partial charge in [-0.3, -0.25) is 0 Å². The third-order valence-corrected chi connectivity index (χ3v) is 20.4. The minimum atomic E-state index is -0.150. The van der Waals surface area contributed by atoms with Crippen LogP contribution in [0.15, 0.2) is 250 Å². The highest BCUT2D eigenvalue weighted by Crippen LogP contribution is 2.56. The normalized spacial score (nSPS) is 15.0. The highest BCUT2D eigenvalue weighted by Gasteiger charge is 2.49. The molecule has 0 amide bonds. The highest BCUT2D eigenvalue weighted by atomic mass is 32.2. The standard InChI is InChI=1S/C72H50B2N2O2S2/c1-71(2)51-31-19-17-29-49(51)65-53(71)33-35-55-69(65)79-63-39-47(75(43-21-9-5-10-22-43)44-23-11-6-12-24-44)37-61-67(63)73(55)57-41-58-60(42-59(57)77-61)78-62-38-48(76(45-25-13-7-14-26-45)46-27-15-8-16-28-46)40-64-68(62)74(58)56-36-34-54-66(70(56)80-64)50-30-18-20-32-52(50)72(54,3)4/h5-42H,1-4H3. The van der Waals surface area contributed by atoms with Crippen LogP contribution >= 0.6 is 23.5 Å². The quantitative estimate of drug-likeness (QED) is 0.154. The molecule has 0 atom stereocenters. The van der Waals surface area contributed by atoms with E-state index in [4.69, 9.17) is 9.47 Å². The number of nitrogens with zero attached hydrogens (tertiary/aromatic N) is 2. The van der Waals surface area contributed by atoms with Crippen LogP contribution in [0.3, 0.4) is 0 Å². The first-order valence-electron chi connectivity index (χ1n) is 27.8. The van der Waals surface area contributed by atoms with Crippen molar-refractivity contribution in [3.8, 4) is 45.3 Å². The summed E-state index contributed by atoms with van der Waals surface area (Å²) in [6.07, 6.45) is 0. The van der Waals surface area contributed by atoms with Crippen LogP contribution in [0, 0.1) is 0 Å². The fourth-order valence-corrected chi connectivity index (χ4v) is 17.1. The Morgan fingerprint density at radius 3 is 1.07 bits per heavy atom. The Morgan fingerprint density at radius 1 is 0.325 bits per heavy atom. The Balaban J connectivity index is 0.914. The lowest BCUT2D eigenvalue weighted by atomic mass is 9.32. The van der Waals surface area contributed by atoms with E-state index in [0.717, 1.165) is 68.0 Å². The fraction of sp³-hybridized carbons (Fsp3) is 0.0833. The van der Waals surface area contributed by atoms with Crippen LogP contribution in [0.25, 0.3) is 22.3 Å². The molecule has 4 heterocycles. The summed E-state index contributed by atoms with van der Waals surface area (Å²) < 4.78 is 15.0. The molecule has 0 spiro atoms. The van der Waals surface area contributed by atoms with E-state index >= 15 is 0 Å². The predicted molar refractivity (Wildman–Crippen MR) is 334 cm³/mol. The van der Waals surface area contributed by atoms with Crippen LogP contribution in [-0.2, 0) is 10.8 Å². The smallest absolute Gasteiger partial charge is 0.253 e. The molecule has 0 saturated carbocycles. The van der Waals surface area contributed by atoms with Gasteiger partial charge in [-0.15, -0.1) is 0 Å². The van der Waals surface area contributed by atoms with Gasteiger partial charge in [-0.2, -0.15) is 0 Å². The topological polar surface area (TPSA) is 24.9 Å². The van der Waals surface area contributed by atoms with Crippen LogP contribution in [0.2, 0.25) is 0 Å². The molecule has 0 saturated heterocycles. The van der Waals surface area contributed by atoms with Crippen molar-refractivity contribution in [3.05, 3.63) is 253 Å². The number of hydrogen-bond acceptors (Lipinski definition) is 6. The molecule has 4 aliphatic heterocycles. The number of anilines is 6. The average molecular weight is 1060 g/mol. The van der Waals surface area contributed by atoms with E-state index in [-0.39, 0.29) is 24.3 Å². The van der Waals surface area contributed by atoms with Gasteiger partial charge in [0.05, 0.1) is 11.4 Å². The molecule has 6 aliphatic rings. The Labute approximate surface area is 476 Å². The number of ether oxygens (including phenoxy) is 2. The molecule has 0 radical (unpaired) electrons. The van der Waals surface area contributed by atoms with E-state index in [9.17, 15) is 0 Å². The van der Waals surface area contributed by atoms with Crippen molar-refractivity contribution in [2.24, 2.45) is 0 Å². The van der Waals surface area contributed by atoms with Gasteiger partial charge in [0.2, 0.25) is 0 Å². The Bertz CT molecular complexity index is 4090. The van der Waals surface area contributed by atoms with E-state index < -0.39 is 0 Å². The van der Waals surface area contributed by atoms with E-state index in [2.05, 4.69) is 268 Å². The maximum absolute atomic E-state index is 7.48. The average Bonchev–Trinajstić information content (AvgIpc) is 3.98. The summed E-state index contributed by atoms with van der Waals surface area (Å²) in [6, 6.07) is 84.9. The number of fused-ring (bicyclic) bond motifs is 16. The van der Waals surface area contributed by atoms with Gasteiger partial charge < -0.3 is 19.3 Å². The first kappa shape index (κ1) is 46.4. The zero-order valence-corrected chi connectivity index (χ0v) is 46.3. The number of rotatable bonds is 6. The van der Waals surface area contributed by atoms with Crippen molar-refractivity contribution >= 4 is 104 Å². The first-order chi connectivity index (χ1) is 39.2. The van der Waals surface area contributed by atoms with Gasteiger partial charge in [0.25, 0.3) is 13.4 Å². The largest absolute Gasteiger partial charge is 0.458 e. The van der Waals surface area contributed by atoms with Crippen LogP contribution in [0.1, 0.15) is 49.9 Å². The molecular formula is C72H50B2N2O2S2. The molecule has 11 aromatic carbocycles. The molecule has 2 aliphatic carbocycles. The zero-order valence-electron chi connectivity index (χ0n) is 44.6. The van der Waals surface area contributed by atoms with Crippen molar-refractivity contribution in [2.45, 2.75) is 58.1 Å². The SMILES string of the molecule is CC1(C)c2ccccc2-c2c1ccc1c2Sc2cc(N(c3ccccc3)c3ccccc3)cc3c2B1c1cc2c(cc1O3)Oc1cc(N(c3ccccc3)c3ccccc3)cc3c1B2c1ccc2c(c1S3)-c1ccccc1C2(C)C. The predicted octanol–water partition coefficient (Wildman–Crippen LogP) is 15.4. The molecule has 0 bridgehead atoms. The second kappa shape index (κ2) is 17.0. The lowest BCUT2D eigenvalue weighted by Crippen LogP contribution is -2.62. The lowest BCUT2D eigenvalue weighted by Gasteiger charge is -2.38. The summed E-state index contributed by atoms with van der Waals surface area (Å²) in [5, 5.41) is 0. The molecular weight excluding hydrogens is 1010 g/mol. The Kier molecular flexibility index (Phi) is 9.84. The summed E-state index contributed by atoms with van der Waals surface area (Å²) in [7, 11) is 0. The molecule has 0 fully saturated rings. The second-order valence-corrected chi connectivity index (χ2v) is 25.2. The summed E-state index contributed by atoms with van der Waals surface area (Å²) in [5.74, 6) is 3.37. The molecule has 0 aromatic heterocycles. The van der Waals surface area contributed by atoms with Crippen molar-refractivity contribution in [2.75, 3.05) is 9.80 Å². The van der Waals surface area contributed by atoms with Gasteiger partial charge in [-0.05, 0) is 127 Å². The summed E-state index contributed by atoms with van der Waals surface area (Å²) in [5.41, 5.74) is 24.4. The van der Waals surface area contributed by atoms with Crippen LogP contribution in [0.5, 0.6) is 23.0 Å². The zero-order chi connectivity index (χ0) is 53.2. The minimum Gasteiger partial charge on any atom is -0.458 e. The molecule has 8 heteroatoms. The summed E-state index contributed by atoms with van der Waals surface area (Å²) in [4.78, 5) is 9.79. The maximum atomic E-state index is 7.48. The van der Waals surface area contributed by atoms with Crippen molar-refractivity contribution in [1.82, 2.24) is 0 Å². The van der Waals surface area contributed by atoms with E-state index in [1.165, 1.54) is 85.9 Å². The van der Waals surface area contributed by atoms with Gasteiger partial charge >= 0.3 is 0 Å². The van der Waals surface area contributed by atoms with Crippen LogP contribution in [-0.4, -0.2) is 13.4 Å².